The summed E-state index contributed by atoms with van der Waals surface area (Å²) in [5, 5.41) is 0. The summed E-state index contributed by atoms with van der Waals surface area (Å²) in [7, 11) is -3.93. The first-order valence-corrected chi connectivity index (χ1v) is 8.45. The third-order valence-corrected chi connectivity index (χ3v) is 5.72. The van der Waals surface area contributed by atoms with Gasteiger partial charge < -0.3 is 0 Å². The van der Waals surface area contributed by atoms with E-state index in [1.54, 1.807) is 0 Å². The minimum Gasteiger partial charge on any atom is -0.207 e. The predicted octanol–water partition coefficient (Wildman–Crippen LogP) is 3.49. The molecule has 1 saturated heterocycles. The van der Waals surface area contributed by atoms with Crippen LogP contribution in [0.5, 0.6) is 0 Å². The molecule has 1 atom stereocenters. The van der Waals surface area contributed by atoms with Gasteiger partial charge in [-0.2, -0.15) is 4.31 Å². The summed E-state index contributed by atoms with van der Waals surface area (Å²) in [6.45, 7) is 0.347. The van der Waals surface area contributed by atoms with Crippen molar-refractivity contribution < 1.29 is 17.2 Å². The zero-order chi connectivity index (χ0) is 15.7. The molecule has 0 saturated carbocycles. The van der Waals surface area contributed by atoms with Gasteiger partial charge >= 0.3 is 0 Å². The Balaban J connectivity index is 2.01. The molecule has 0 aliphatic carbocycles. The lowest BCUT2D eigenvalue weighted by Crippen LogP contribution is -2.30. The molecule has 0 bridgehead atoms. The van der Waals surface area contributed by atoms with Crippen LogP contribution in [0.25, 0.3) is 0 Å². The van der Waals surface area contributed by atoms with Gasteiger partial charge in [-0.1, -0.05) is 30.3 Å². The van der Waals surface area contributed by atoms with Crippen LogP contribution in [0.3, 0.4) is 0 Å². The third-order valence-electron chi connectivity index (χ3n) is 3.83. The standard InChI is InChI=1S/C16H15F2NO2S/c17-13-9-14(18)11-15(10-13)22(20,21)19-8-4-7-16(19)12-5-2-1-3-6-12/h1-3,5-6,9-11,16H,4,7-8H2/t16-/m1/s1. The number of hydrogen-bond acceptors (Lipinski definition) is 2. The van der Waals surface area contributed by atoms with E-state index in [2.05, 4.69) is 0 Å². The topological polar surface area (TPSA) is 37.4 Å². The van der Waals surface area contributed by atoms with E-state index < -0.39 is 21.7 Å². The number of nitrogens with zero attached hydrogens (tertiary/aromatic N) is 1. The highest BCUT2D eigenvalue weighted by atomic mass is 32.2. The second-order valence-electron chi connectivity index (χ2n) is 5.29. The van der Waals surface area contributed by atoms with Crippen molar-refractivity contribution in [1.29, 1.82) is 0 Å². The van der Waals surface area contributed by atoms with E-state index in [9.17, 15) is 17.2 Å². The molecular formula is C16H15F2NO2S. The van der Waals surface area contributed by atoms with E-state index in [4.69, 9.17) is 0 Å². The molecule has 2 aromatic rings. The van der Waals surface area contributed by atoms with Gasteiger partial charge in [0.15, 0.2) is 0 Å². The molecule has 3 nitrogen and oxygen atoms in total. The van der Waals surface area contributed by atoms with Crippen LogP contribution in [0.4, 0.5) is 8.78 Å². The first kappa shape index (κ1) is 15.1. The van der Waals surface area contributed by atoms with Crippen LogP contribution in [0.2, 0.25) is 0 Å². The molecule has 0 unspecified atom stereocenters. The van der Waals surface area contributed by atoms with Gasteiger partial charge in [-0.05, 0) is 30.5 Å². The first-order valence-electron chi connectivity index (χ1n) is 7.01. The maximum absolute atomic E-state index is 13.3. The van der Waals surface area contributed by atoms with Gasteiger partial charge in [0.25, 0.3) is 0 Å². The molecule has 1 aliphatic rings. The molecule has 0 aromatic heterocycles. The fourth-order valence-electron chi connectivity index (χ4n) is 2.85. The number of halogens is 2. The van der Waals surface area contributed by atoms with E-state index in [-0.39, 0.29) is 10.9 Å². The molecule has 0 radical (unpaired) electrons. The van der Waals surface area contributed by atoms with Crippen LogP contribution < -0.4 is 0 Å². The highest BCUT2D eigenvalue weighted by molar-refractivity contribution is 7.89. The summed E-state index contributed by atoms with van der Waals surface area (Å²) in [5.41, 5.74) is 0.889. The monoisotopic (exact) mass is 323 g/mol. The molecule has 116 valence electrons. The van der Waals surface area contributed by atoms with Gasteiger partial charge in [0, 0.05) is 12.6 Å². The zero-order valence-corrected chi connectivity index (χ0v) is 12.6. The lowest BCUT2D eigenvalue weighted by Gasteiger charge is -2.24. The Kier molecular flexibility index (Phi) is 3.97. The van der Waals surface area contributed by atoms with Crippen molar-refractivity contribution in [2.24, 2.45) is 0 Å². The van der Waals surface area contributed by atoms with Gasteiger partial charge in [-0.15, -0.1) is 0 Å². The van der Waals surface area contributed by atoms with E-state index >= 15 is 0 Å². The summed E-state index contributed by atoms with van der Waals surface area (Å²) in [4.78, 5) is -0.340. The first-order chi connectivity index (χ1) is 10.5. The Labute approximate surface area is 128 Å². The number of hydrogen-bond donors (Lipinski definition) is 0. The van der Waals surface area contributed by atoms with Gasteiger partial charge in [0.1, 0.15) is 11.6 Å². The quantitative estimate of drug-likeness (QED) is 0.867. The predicted molar refractivity (Wildman–Crippen MR) is 78.7 cm³/mol. The van der Waals surface area contributed by atoms with Crippen molar-refractivity contribution in [2.75, 3.05) is 6.54 Å². The average Bonchev–Trinajstić information content (AvgIpc) is 2.97. The van der Waals surface area contributed by atoms with Gasteiger partial charge in [0.2, 0.25) is 10.0 Å². The summed E-state index contributed by atoms with van der Waals surface area (Å²) in [5.74, 6) is -1.79. The molecule has 3 rings (SSSR count). The maximum atomic E-state index is 13.3. The highest BCUT2D eigenvalue weighted by Crippen LogP contribution is 2.36. The molecule has 1 aliphatic heterocycles. The van der Waals surface area contributed by atoms with E-state index in [0.29, 0.717) is 19.0 Å². The van der Waals surface area contributed by atoms with E-state index in [1.807, 2.05) is 30.3 Å². The Morgan fingerprint density at radius 1 is 1.00 bits per heavy atom. The molecule has 2 aromatic carbocycles. The second kappa shape index (κ2) is 5.78. The Hall–Kier alpha value is -1.79. The third kappa shape index (κ3) is 2.76. The molecular weight excluding hydrogens is 308 g/mol. The molecule has 0 N–H and O–H groups in total. The van der Waals surface area contributed by atoms with Crippen molar-refractivity contribution in [3.8, 4) is 0 Å². The fourth-order valence-corrected chi connectivity index (χ4v) is 4.57. The summed E-state index contributed by atoms with van der Waals surface area (Å²) < 4.78 is 53.4. The molecule has 22 heavy (non-hydrogen) atoms. The van der Waals surface area contributed by atoms with Crippen LogP contribution in [-0.2, 0) is 10.0 Å². The lowest BCUT2D eigenvalue weighted by atomic mass is 10.1. The number of rotatable bonds is 3. The smallest absolute Gasteiger partial charge is 0.207 e. The SMILES string of the molecule is O=S(=O)(c1cc(F)cc(F)c1)N1CCC[C@@H]1c1ccccc1. The summed E-state index contributed by atoms with van der Waals surface area (Å²) in [6, 6.07) is 11.4. The molecule has 0 spiro atoms. The maximum Gasteiger partial charge on any atom is 0.243 e. The average molecular weight is 323 g/mol. The number of sulfonamides is 1. The normalized spacial score (nSPS) is 19.5. The lowest BCUT2D eigenvalue weighted by molar-refractivity contribution is 0.396. The van der Waals surface area contributed by atoms with Crippen LogP contribution in [0.15, 0.2) is 53.4 Å². The minimum absolute atomic E-state index is 0.294. The molecule has 6 heteroatoms. The summed E-state index contributed by atoms with van der Waals surface area (Å²) in [6.07, 6.45) is 1.41. The summed E-state index contributed by atoms with van der Waals surface area (Å²) >= 11 is 0. The zero-order valence-electron chi connectivity index (χ0n) is 11.7. The van der Waals surface area contributed by atoms with Crippen LogP contribution in [0.1, 0.15) is 24.4 Å². The second-order valence-corrected chi connectivity index (χ2v) is 7.18. The molecule has 0 amide bonds. The molecule has 1 fully saturated rings. The minimum atomic E-state index is -3.93. The van der Waals surface area contributed by atoms with Crippen molar-refractivity contribution in [2.45, 2.75) is 23.8 Å². The van der Waals surface area contributed by atoms with Gasteiger partial charge in [-0.3, -0.25) is 0 Å². The molecule has 1 heterocycles. The Morgan fingerprint density at radius 3 is 2.27 bits per heavy atom. The van der Waals surface area contributed by atoms with E-state index in [0.717, 1.165) is 24.1 Å². The van der Waals surface area contributed by atoms with E-state index in [1.165, 1.54) is 4.31 Å². The van der Waals surface area contributed by atoms with Crippen LogP contribution in [0, 0.1) is 11.6 Å². The van der Waals surface area contributed by atoms with Crippen molar-refractivity contribution >= 4 is 10.0 Å². The van der Waals surface area contributed by atoms with Gasteiger partial charge in [0.05, 0.1) is 10.9 Å². The Morgan fingerprint density at radius 2 is 1.64 bits per heavy atom. The Bertz CT molecular complexity index is 758. The fraction of sp³-hybridized carbons (Fsp3) is 0.250. The van der Waals surface area contributed by atoms with Crippen LogP contribution >= 0.6 is 0 Å². The van der Waals surface area contributed by atoms with Gasteiger partial charge in [-0.25, -0.2) is 17.2 Å². The van der Waals surface area contributed by atoms with Crippen LogP contribution in [-0.4, -0.2) is 19.3 Å². The van der Waals surface area contributed by atoms with Crippen molar-refractivity contribution in [3.05, 3.63) is 65.7 Å². The van der Waals surface area contributed by atoms with Crippen molar-refractivity contribution in [3.63, 3.8) is 0 Å². The van der Waals surface area contributed by atoms with Crippen molar-refractivity contribution in [1.82, 2.24) is 4.31 Å². The highest BCUT2D eigenvalue weighted by Gasteiger charge is 2.36. The largest absolute Gasteiger partial charge is 0.243 e. The number of benzene rings is 2.